The molecule has 1 fully saturated rings. The molecule has 1 aliphatic heterocycles. The monoisotopic (exact) mass is 481 g/mol. The number of carboxylic acids is 1. The van der Waals surface area contributed by atoms with E-state index >= 15 is 0 Å². The van der Waals surface area contributed by atoms with Crippen LogP contribution < -0.4 is 5.32 Å². The summed E-state index contributed by atoms with van der Waals surface area (Å²) >= 11 is 0. The smallest absolute Gasteiger partial charge is 0.475 e. The molecule has 0 bridgehead atoms. The van der Waals surface area contributed by atoms with E-state index in [1.165, 1.54) is 4.31 Å². The number of sulfonamides is 1. The summed E-state index contributed by atoms with van der Waals surface area (Å²) in [5.41, 5.74) is 2.78. The summed E-state index contributed by atoms with van der Waals surface area (Å²) in [6.07, 6.45) is -4.86. The van der Waals surface area contributed by atoms with Crippen LogP contribution in [0.1, 0.15) is 30.0 Å². The summed E-state index contributed by atoms with van der Waals surface area (Å²) in [5.74, 6) is -2.74. The predicted octanol–water partition coefficient (Wildman–Crippen LogP) is 2.08. The molecule has 0 aliphatic carbocycles. The number of carbonyl (C=O) groups excluding carboxylic acids is 1. The van der Waals surface area contributed by atoms with Gasteiger partial charge in [0.15, 0.2) is 0 Å². The average Bonchev–Trinajstić information content (AvgIpc) is 2.71. The van der Waals surface area contributed by atoms with Crippen LogP contribution in [0.3, 0.4) is 0 Å². The van der Waals surface area contributed by atoms with E-state index in [1.54, 1.807) is 11.0 Å². The highest BCUT2D eigenvalue weighted by molar-refractivity contribution is 7.89. The summed E-state index contributed by atoms with van der Waals surface area (Å²) in [7, 11) is -3.60. The number of rotatable bonds is 6. The average molecular weight is 482 g/mol. The fourth-order valence-electron chi connectivity index (χ4n) is 3.09. The van der Waals surface area contributed by atoms with Gasteiger partial charge in [-0.3, -0.25) is 4.79 Å². The van der Waals surface area contributed by atoms with Crippen LogP contribution >= 0.6 is 0 Å². The van der Waals surface area contributed by atoms with Crippen LogP contribution in [0.4, 0.5) is 13.2 Å². The van der Waals surface area contributed by atoms with Gasteiger partial charge in [0, 0.05) is 45.7 Å². The van der Waals surface area contributed by atoms with E-state index in [0.717, 1.165) is 29.8 Å². The molecule has 0 saturated carbocycles. The molecule has 1 amide bonds. The van der Waals surface area contributed by atoms with E-state index < -0.39 is 22.2 Å². The highest BCUT2D eigenvalue weighted by Crippen LogP contribution is 2.23. The molecule has 0 unspecified atom stereocenters. The second kappa shape index (κ2) is 11.6. The summed E-state index contributed by atoms with van der Waals surface area (Å²) in [5, 5.41) is 10.3. The fraction of sp³-hybridized carbons (Fsp3) is 0.600. The number of aryl methyl sites for hydroxylation is 3. The Labute approximate surface area is 186 Å². The van der Waals surface area contributed by atoms with Gasteiger partial charge in [0.2, 0.25) is 15.9 Å². The van der Waals surface area contributed by atoms with Crippen LogP contribution in [-0.4, -0.2) is 80.1 Å². The maximum absolute atomic E-state index is 13.0. The van der Waals surface area contributed by atoms with Gasteiger partial charge in [0.1, 0.15) is 0 Å². The molecule has 0 aromatic heterocycles. The number of hydrogen-bond donors (Lipinski definition) is 2. The maximum Gasteiger partial charge on any atom is 0.490 e. The van der Waals surface area contributed by atoms with Crippen molar-refractivity contribution in [3.05, 3.63) is 28.8 Å². The Morgan fingerprint density at radius 1 is 1.09 bits per heavy atom. The number of nitrogens with one attached hydrogen (secondary N) is 1. The molecule has 182 valence electrons. The van der Waals surface area contributed by atoms with Crippen LogP contribution in [0, 0.1) is 20.8 Å². The summed E-state index contributed by atoms with van der Waals surface area (Å²) in [6, 6.07) is 3.64. The number of carbonyl (C=O) groups is 2. The van der Waals surface area contributed by atoms with Crippen LogP contribution in [0.25, 0.3) is 0 Å². The van der Waals surface area contributed by atoms with Gasteiger partial charge in [-0.1, -0.05) is 13.0 Å². The molecular weight excluding hydrogens is 451 g/mol. The van der Waals surface area contributed by atoms with Gasteiger partial charge in [-0.25, -0.2) is 13.2 Å². The number of nitrogens with zero attached hydrogens (tertiary/aromatic N) is 2. The van der Waals surface area contributed by atoms with E-state index in [-0.39, 0.29) is 18.9 Å². The highest BCUT2D eigenvalue weighted by atomic mass is 32.2. The Morgan fingerprint density at radius 2 is 1.59 bits per heavy atom. The minimum Gasteiger partial charge on any atom is -0.475 e. The van der Waals surface area contributed by atoms with Gasteiger partial charge in [-0.15, -0.1) is 0 Å². The van der Waals surface area contributed by atoms with Crippen molar-refractivity contribution in [3.63, 3.8) is 0 Å². The van der Waals surface area contributed by atoms with Crippen LogP contribution in [-0.2, 0) is 19.6 Å². The lowest BCUT2D eigenvalue weighted by Crippen LogP contribution is -2.47. The topological polar surface area (TPSA) is 107 Å². The molecule has 1 aliphatic rings. The van der Waals surface area contributed by atoms with E-state index in [2.05, 4.69) is 5.32 Å². The van der Waals surface area contributed by atoms with Crippen molar-refractivity contribution in [1.29, 1.82) is 0 Å². The Bertz CT molecular complexity index is 914. The van der Waals surface area contributed by atoms with Gasteiger partial charge >= 0.3 is 12.1 Å². The summed E-state index contributed by atoms with van der Waals surface area (Å²) < 4.78 is 59.2. The van der Waals surface area contributed by atoms with Crippen molar-refractivity contribution in [2.75, 3.05) is 39.3 Å². The van der Waals surface area contributed by atoms with Crippen molar-refractivity contribution in [1.82, 2.24) is 14.5 Å². The van der Waals surface area contributed by atoms with Crippen molar-refractivity contribution < 1.29 is 36.3 Å². The van der Waals surface area contributed by atoms with Crippen LogP contribution in [0.5, 0.6) is 0 Å². The molecule has 0 atom stereocenters. The SMILES string of the molecule is CCN(CCC(=O)N1CCNCC1)S(=O)(=O)c1cc(C)c(C)cc1C.O=C(O)C(F)(F)F. The predicted molar refractivity (Wildman–Crippen MR) is 113 cm³/mol. The van der Waals surface area contributed by atoms with Gasteiger partial charge in [0.05, 0.1) is 4.90 Å². The molecule has 0 spiro atoms. The highest BCUT2D eigenvalue weighted by Gasteiger charge is 2.38. The van der Waals surface area contributed by atoms with Crippen molar-refractivity contribution in [3.8, 4) is 0 Å². The molecule has 1 aromatic carbocycles. The van der Waals surface area contributed by atoms with Crippen LogP contribution in [0.2, 0.25) is 0 Å². The van der Waals surface area contributed by atoms with E-state index in [4.69, 9.17) is 9.90 Å². The second-order valence-corrected chi connectivity index (χ2v) is 9.29. The molecule has 8 nitrogen and oxygen atoms in total. The standard InChI is InChI=1S/C18H29N3O3S.C2HF3O2/c1-5-21(9-6-18(22)20-10-7-19-8-11-20)25(23,24)17-13-15(3)14(2)12-16(17)4;3-2(4,5)1(6)7/h12-13,19H,5-11H2,1-4H3;(H,6,7). The Kier molecular flexibility index (Phi) is 10.1. The largest absolute Gasteiger partial charge is 0.490 e. The van der Waals surface area contributed by atoms with Gasteiger partial charge < -0.3 is 15.3 Å². The Balaban J connectivity index is 0.000000633. The number of benzene rings is 1. The number of alkyl halides is 3. The minimum absolute atomic E-state index is 0.0203. The third kappa shape index (κ3) is 7.75. The molecule has 1 heterocycles. The molecular formula is C20H30F3N3O5S. The molecule has 32 heavy (non-hydrogen) atoms. The van der Waals surface area contributed by atoms with Crippen molar-refractivity contribution in [2.45, 2.75) is 45.2 Å². The third-order valence-electron chi connectivity index (χ3n) is 5.05. The van der Waals surface area contributed by atoms with E-state index in [0.29, 0.717) is 24.5 Å². The number of aliphatic carboxylic acids is 1. The minimum atomic E-state index is -5.08. The number of hydrogen-bond acceptors (Lipinski definition) is 5. The zero-order chi connectivity index (χ0) is 24.7. The summed E-state index contributed by atoms with van der Waals surface area (Å²) in [6.45, 7) is 11.1. The second-order valence-electron chi connectivity index (χ2n) is 7.38. The van der Waals surface area contributed by atoms with Gasteiger partial charge in [-0.05, 0) is 43.5 Å². The van der Waals surface area contributed by atoms with Crippen LogP contribution in [0.15, 0.2) is 17.0 Å². The normalized spacial score (nSPS) is 14.7. The zero-order valence-corrected chi connectivity index (χ0v) is 19.4. The Morgan fingerprint density at radius 3 is 2.06 bits per heavy atom. The third-order valence-corrected chi connectivity index (χ3v) is 7.17. The molecule has 1 aromatic rings. The maximum atomic E-state index is 13.0. The van der Waals surface area contributed by atoms with Crippen molar-refractivity contribution >= 4 is 21.9 Å². The number of piperazine rings is 1. The molecule has 2 rings (SSSR count). The first-order chi connectivity index (χ1) is 14.7. The van der Waals surface area contributed by atoms with Crippen molar-refractivity contribution in [2.24, 2.45) is 0 Å². The molecule has 1 saturated heterocycles. The first-order valence-electron chi connectivity index (χ1n) is 10.1. The number of halogens is 3. The summed E-state index contributed by atoms with van der Waals surface area (Å²) in [4.78, 5) is 23.4. The molecule has 0 radical (unpaired) electrons. The van der Waals surface area contributed by atoms with Gasteiger partial charge in [-0.2, -0.15) is 17.5 Å². The molecule has 12 heteroatoms. The van der Waals surface area contributed by atoms with E-state index in [9.17, 15) is 26.4 Å². The molecule has 2 N–H and O–H groups in total. The lowest BCUT2D eigenvalue weighted by Gasteiger charge is -2.28. The zero-order valence-electron chi connectivity index (χ0n) is 18.6. The quantitative estimate of drug-likeness (QED) is 0.644. The fourth-order valence-corrected chi connectivity index (χ4v) is 4.83. The Hall–Kier alpha value is -2.18. The first-order valence-corrected chi connectivity index (χ1v) is 11.5. The van der Waals surface area contributed by atoms with E-state index in [1.807, 2.05) is 33.8 Å². The number of carboxylic acid groups (broad SMARTS) is 1. The lowest BCUT2D eigenvalue weighted by molar-refractivity contribution is -0.192. The van der Waals surface area contributed by atoms with Gasteiger partial charge in [0.25, 0.3) is 0 Å². The lowest BCUT2D eigenvalue weighted by atomic mass is 10.1. The first kappa shape index (κ1) is 27.9. The number of amides is 1.